The number of aryl methyl sites for hydroxylation is 1. The molecule has 0 spiro atoms. The molecular weight excluding hydrogens is 368 g/mol. The number of rotatable bonds is 5. The van der Waals surface area contributed by atoms with E-state index in [4.69, 9.17) is 0 Å². The number of hydrogen-bond acceptors (Lipinski definition) is 4. The second kappa shape index (κ2) is 7.11. The average molecular weight is 385 g/mol. The molecule has 0 saturated heterocycles. The number of imidazole rings is 1. The molecule has 0 aliphatic heterocycles. The lowest BCUT2D eigenvalue weighted by molar-refractivity contribution is 0.0715. The first-order chi connectivity index (χ1) is 13.1. The van der Waals surface area contributed by atoms with Gasteiger partial charge in [-0.15, -0.1) is 10.2 Å². The quantitative estimate of drug-likeness (QED) is 0.445. The van der Waals surface area contributed by atoms with Gasteiger partial charge in [0.05, 0.1) is 22.0 Å². The summed E-state index contributed by atoms with van der Waals surface area (Å²) < 4.78 is 30.3. The normalized spacial score (nSPS) is 12.8. The molecule has 4 aromatic rings. The van der Waals surface area contributed by atoms with Gasteiger partial charge in [0.2, 0.25) is 0 Å². The standard InChI is InChI=1S/C19H17F2N5S/c1-12-7-3-5-9-15(12)25-11-22-24-19(25)27-13(2)17-23-14-8-4-6-10-16(14)26(17)18(20)21/h3-11,13,18H,1-2H3/t13-/m1/s1. The van der Waals surface area contributed by atoms with Crippen LogP contribution in [0.2, 0.25) is 0 Å². The van der Waals surface area contributed by atoms with Gasteiger partial charge in [0.15, 0.2) is 5.16 Å². The summed E-state index contributed by atoms with van der Waals surface area (Å²) in [6.07, 6.45) is 1.63. The van der Waals surface area contributed by atoms with Crippen molar-refractivity contribution in [3.63, 3.8) is 0 Å². The van der Waals surface area contributed by atoms with Crippen LogP contribution in [0.1, 0.15) is 30.1 Å². The van der Waals surface area contributed by atoms with E-state index >= 15 is 0 Å². The topological polar surface area (TPSA) is 48.5 Å². The summed E-state index contributed by atoms with van der Waals surface area (Å²) in [4.78, 5) is 4.44. The lowest BCUT2D eigenvalue weighted by Crippen LogP contribution is -2.07. The number of nitrogens with zero attached hydrogens (tertiary/aromatic N) is 5. The van der Waals surface area contributed by atoms with Crippen molar-refractivity contribution in [2.24, 2.45) is 0 Å². The number of aromatic nitrogens is 5. The Kier molecular flexibility index (Phi) is 4.65. The van der Waals surface area contributed by atoms with E-state index in [1.807, 2.05) is 42.7 Å². The van der Waals surface area contributed by atoms with Gasteiger partial charge in [0.25, 0.3) is 0 Å². The van der Waals surface area contributed by atoms with Gasteiger partial charge in [0, 0.05) is 0 Å². The van der Waals surface area contributed by atoms with Gasteiger partial charge in [-0.3, -0.25) is 9.13 Å². The van der Waals surface area contributed by atoms with Crippen LogP contribution in [-0.2, 0) is 0 Å². The molecule has 27 heavy (non-hydrogen) atoms. The highest BCUT2D eigenvalue weighted by molar-refractivity contribution is 7.99. The fraction of sp³-hybridized carbons (Fsp3) is 0.211. The molecule has 5 nitrogen and oxygen atoms in total. The maximum Gasteiger partial charge on any atom is 0.320 e. The SMILES string of the molecule is Cc1ccccc1-n1cnnc1S[C@H](C)c1nc2ccccc2n1C(F)F. The van der Waals surface area contributed by atoms with Gasteiger partial charge < -0.3 is 0 Å². The summed E-state index contributed by atoms with van der Waals surface area (Å²) in [7, 11) is 0. The molecule has 0 N–H and O–H groups in total. The van der Waals surface area contributed by atoms with E-state index in [-0.39, 0.29) is 5.25 Å². The monoisotopic (exact) mass is 385 g/mol. The van der Waals surface area contributed by atoms with Crippen LogP contribution in [0.25, 0.3) is 16.7 Å². The van der Waals surface area contributed by atoms with Gasteiger partial charge in [-0.2, -0.15) is 8.78 Å². The molecule has 0 aliphatic rings. The molecule has 138 valence electrons. The number of para-hydroxylation sites is 3. The predicted octanol–water partition coefficient (Wildman–Crippen LogP) is 5.17. The highest BCUT2D eigenvalue weighted by atomic mass is 32.2. The summed E-state index contributed by atoms with van der Waals surface area (Å²) in [5, 5.41) is 8.48. The summed E-state index contributed by atoms with van der Waals surface area (Å²) in [5.41, 5.74) is 3.02. The van der Waals surface area contributed by atoms with Crippen molar-refractivity contribution in [2.45, 2.75) is 30.8 Å². The smallest absolute Gasteiger partial charge is 0.276 e. The molecule has 0 bridgehead atoms. The minimum Gasteiger partial charge on any atom is -0.276 e. The Labute approximate surface area is 159 Å². The van der Waals surface area contributed by atoms with Crippen LogP contribution in [0, 0.1) is 6.92 Å². The fourth-order valence-electron chi connectivity index (χ4n) is 3.07. The third kappa shape index (κ3) is 3.21. The van der Waals surface area contributed by atoms with Crippen molar-refractivity contribution in [1.29, 1.82) is 0 Å². The molecule has 2 aromatic heterocycles. The Morgan fingerprint density at radius 1 is 1.04 bits per heavy atom. The van der Waals surface area contributed by atoms with E-state index in [1.165, 1.54) is 11.8 Å². The Hall–Kier alpha value is -2.74. The average Bonchev–Trinajstić information content (AvgIpc) is 3.26. The minimum atomic E-state index is -2.66. The van der Waals surface area contributed by atoms with Crippen LogP contribution >= 0.6 is 11.8 Å². The second-order valence-corrected chi connectivity index (χ2v) is 7.44. The van der Waals surface area contributed by atoms with Crippen molar-refractivity contribution < 1.29 is 8.78 Å². The van der Waals surface area contributed by atoms with Crippen molar-refractivity contribution in [3.8, 4) is 5.69 Å². The van der Waals surface area contributed by atoms with Crippen LogP contribution in [0.15, 0.2) is 60.0 Å². The number of fused-ring (bicyclic) bond motifs is 1. The summed E-state index contributed by atoms with van der Waals surface area (Å²) in [5.74, 6) is 0.315. The van der Waals surface area contributed by atoms with Crippen LogP contribution in [-0.4, -0.2) is 24.3 Å². The predicted molar refractivity (Wildman–Crippen MR) is 101 cm³/mol. The summed E-state index contributed by atoms with van der Waals surface area (Å²) >= 11 is 1.35. The van der Waals surface area contributed by atoms with E-state index < -0.39 is 6.55 Å². The molecule has 2 aromatic carbocycles. The zero-order chi connectivity index (χ0) is 19.0. The second-order valence-electron chi connectivity index (χ2n) is 6.14. The molecule has 0 aliphatic carbocycles. The highest BCUT2D eigenvalue weighted by Gasteiger charge is 2.24. The first-order valence-electron chi connectivity index (χ1n) is 8.44. The maximum absolute atomic E-state index is 13.7. The lowest BCUT2D eigenvalue weighted by atomic mass is 10.2. The van der Waals surface area contributed by atoms with Crippen LogP contribution in [0.3, 0.4) is 0 Å². The molecule has 0 fully saturated rings. The minimum absolute atomic E-state index is 0.315. The third-order valence-electron chi connectivity index (χ3n) is 4.36. The van der Waals surface area contributed by atoms with Gasteiger partial charge in [-0.05, 0) is 37.6 Å². The van der Waals surface area contributed by atoms with E-state index in [9.17, 15) is 8.78 Å². The molecule has 1 atom stereocenters. The van der Waals surface area contributed by atoms with Crippen LogP contribution < -0.4 is 0 Å². The van der Waals surface area contributed by atoms with Crippen molar-refractivity contribution in [2.75, 3.05) is 0 Å². The van der Waals surface area contributed by atoms with Crippen molar-refractivity contribution in [1.82, 2.24) is 24.3 Å². The van der Waals surface area contributed by atoms with Crippen molar-refractivity contribution in [3.05, 3.63) is 66.2 Å². The van der Waals surface area contributed by atoms with E-state index in [2.05, 4.69) is 15.2 Å². The zero-order valence-corrected chi connectivity index (χ0v) is 15.6. The van der Waals surface area contributed by atoms with Crippen molar-refractivity contribution >= 4 is 22.8 Å². The largest absolute Gasteiger partial charge is 0.320 e. The third-order valence-corrected chi connectivity index (χ3v) is 5.41. The van der Waals surface area contributed by atoms with E-state index in [1.54, 1.807) is 30.6 Å². The molecule has 0 amide bonds. The van der Waals surface area contributed by atoms with Crippen LogP contribution in [0.5, 0.6) is 0 Å². The molecule has 0 unspecified atom stereocenters. The molecule has 8 heteroatoms. The first kappa shape index (κ1) is 17.7. The maximum atomic E-state index is 13.7. The Balaban J connectivity index is 1.72. The molecular formula is C19H17F2N5S. The number of alkyl halides is 2. The van der Waals surface area contributed by atoms with Gasteiger partial charge in [-0.1, -0.05) is 42.1 Å². The molecule has 0 saturated carbocycles. The van der Waals surface area contributed by atoms with Gasteiger partial charge >= 0.3 is 6.55 Å². The molecule has 0 radical (unpaired) electrons. The number of benzene rings is 2. The highest BCUT2D eigenvalue weighted by Crippen LogP contribution is 2.37. The van der Waals surface area contributed by atoms with Crippen LogP contribution in [0.4, 0.5) is 8.78 Å². The summed E-state index contributed by atoms with van der Waals surface area (Å²) in [6.45, 7) is 1.19. The number of thioether (sulfide) groups is 1. The number of halogens is 2. The lowest BCUT2D eigenvalue weighted by Gasteiger charge is -2.14. The Bertz CT molecular complexity index is 1090. The Morgan fingerprint density at radius 3 is 2.56 bits per heavy atom. The van der Waals surface area contributed by atoms with E-state index in [0.717, 1.165) is 15.8 Å². The zero-order valence-electron chi connectivity index (χ0n) is 14.8. The van der Waals surface area contributed by atoms with E-state index in [0.29, 0.717) is 22.0 Å². The molecule has 2 heterocycles. The first-order valence-corrected chi connectivity index (χ1v) is 9.32. The number of hydrogen-bond donors (Lipinski definition) is 0. The Morgan fingerprint density at radius 2 is 1.78 bits per heavy atom. The molecule has 4 rings (SSSR count). The summed E-state index contributed by atoms with van der Waals surface area (Å²) in [6, 6.07) is 14.8. The van der Waals surface area contributed by atoms with Gasteiger partial charge in [0.1, 0.15) is 12.2 Å². The fourth-order valence-corrected chi connectivity index (χ4v) is 4.01. The van der Waals surface area contributed by atoms with Gasteiger partial charge in [-0.25, -0.2) is 4.98 Å².